The predicted octanol–water partition coefficient (Wildman–Crippen LogP) is 4.02. The molecule has 0 aliphatic heterocycles. The first kappa shape index (κ1) is 10.8. The van der Waals surface area contributed by atoms with Gasteiger partial charge in [0.2, 0.25) is 0 Å². The number of nitrogens with zero attached hydrogens (tertiary/aromatic N) is 1. The van der Waals surface area contributed by atoms with Crippen molar-refractivity contribution in [2.45, 2.75) is 16.7 Å². The van der Waals surface area contributed by atoms with E-state index in [1.165, 1.54) is 10.5 Å². The quantitative estimate of drug-likeness (QED) is 0.770. The van der Waals surface area contributed by atoms with E-state index in [0.29, 0.717) is 5.56 Å². The van der Waals surface area contributed by atoms with E-state index < -0.39 is 0 Å². The molecule has 2 aromatic carbocycles. The van der Waals surface area contributed by atoms with Crippen LogP contribution in [0, 0.1) is 18.3 Å². The van der Waals surface area contributed by atoms with Gasteiger partial charge in [0, 0.05) is 9.79 Å². The summed E-state index contributed by atoms with van der Waals surface area (Å²) in [5, 5.41) is 8.81. The molecule has 0 fully saturated rings. The van der Waals surface area contributed by atoms with Crippen LogP contribution in [0.5, 0.6) is 0 Å². The summed E-state index contributed by atoms with van der Waals surface area (Å²) in [6, 6.07) is 18.2. The van der Waals surface area contributed by atoms with Crippen molar-refractivity contribution in [3.05, 3.63) is 59.7 Å². The van der Waals surface area contributed by atoms with E-state index >= 15 is 0 Å². The molecule has 2 aromatic rings. The molecule has 0 saturated carbocycles. The number of hydrogen-bond donors (Lipinski definition) is 0. The zero-order chi connectivity index (χ0) is 11.4. The van der Waals surface area contributed by atoms with E-state index in [9.17, 15) is 0 Å². The van der Waals surface area contributed by atoms with Gasteiger partial charge in [-0.25, -0.2) is 0 Å². The van der Waals surface area contributed by atoms with Crippen molar-refractivity contribution in [1.82, 2.24) is 0 Å². The van der Waals surface area contributed by atoms with Crippen LogP contribution in [0.1, 0.15) is 11.1 Å². The van der Waals surface area contributed by atoms with Crippen LogP contribution < -0.4 is 0 Å². The molecule has 78 valence electrons. The van der Waals surface area contributed by atoms with Crippen LogP contribution >= 0.6 is 11.8 Å². The smallest absolute Gasteiger partial charge is 0.0992 e. The van der Waals surface area contributed by atoms with Crippen LogP contribution in [0.2, 0.25) is 0 Å². The van der Waals surface area contributed by atoms with E-state index in [4.69, 9.17) is 5.26 Å². The molecule has 2 heteroatoms. The van der Waals surface area contributed by atoms with Gasteiger partial charge >= 0.3 is 0 Å². The van der Waals surface area contributed by atoms with Gasteiger partial charge in [0.15, 0.2) is 0 Å². The second kappa shape index (κ2) is 4.87. The third-order valence-electron chi connectivity index (χ3n) is 2.19. The van der Waals surface area contributed by atoms with E-state index in [0.717, 1.165) is 4.90 Å². The molecular formula is C14H11NS. The fraction of sp³-hybridized carbons (Fsp3) is 0.0714. The molecule has 0 N–H and O–H groups in total. The Morgan fingerprint density at radius 2 is 1.69 bits per heavy atom. The Bertz CT molecular complexity index is 540. The standard InChI is InChI=1S/C14H11NS/c1-11-4-2-6-13(8-11)16-14-7-3-5-12(9-14)10-15/h2-9H,1H3. The average molecular weight is 225 g/mol. The maximum Gasteiger partial charge on any atom is 0.0992 e. The van der Waals surface area contributed by atoms with Crippen LogP contribution in [0.25, 0.3) is 0 Å². The van der Waals surface area contributed by atoms with Crippen LogP contribution in [-0.2, 0) is 0 Å². The van der Waals surface area contributed by atoms with E-state index in [2.05, 4.69) is 31.2 Å². The Morgan fingerprint density at radius 3 is 2.38 bits per heavy atom. The van der Waals surface area contributed by atoms with E-state index in [1.54, 1.807) is 11.8 Å². The Hall–Kier alpha value is -1.72. The van der Waals surface area contributed by atoms with Gasteiger partial charge in [-0.3, -0.25) is 0 Å². The Balaban J connectivity index is 2.24. The highest BCUT2D eigenvalue weighted by Gasteiger charge is 1.98. The molecule has 2 rings (SSSR count). The summed E-state index contributed by atoms with van der Waals surface area (Å²) in [6.07, 6.45) is 0. The van der Waals surface area contributed by atoms with Crippen LogP contribution in [0.15, 0.2) is 58.3 Å². The van der Waals surface area contributed by atoms with Crippen molar-refractivity contribution in [3.8, 4) is 6.07 Å². The first-order chi connectivity index (χ1) is 7.78. The molecule has 16 heavy (non-hydrogen) atoms. The van der Waals surface area contributed by atoms with Gasteiger partial charge < -0.3 is 0 Å². The number of rotatable bonds is 2. The molecule has 0 radical (unpaired) electrons. The highest BCUT2D eigenvalue weighted by Crippen LogP contribution is 2.28. The Labute approximate surface area is 99.7 Å². The molecule has 0 atom stereocenters. The van der Waals surface area contributed by atoms with Crippen molar-refractivity contribution in [3.63, 3.8) is 0 Å². The zero-order valence-corrected chi connectivity index (χ0v) is 9.79. The Kier molecular flexibility index (Phi) is 3.28. The molecular weight excluding hydrogens is 214 g/mol. The minimum atomic E-state index is 0.706. The van der Waals surface area contributed by atoms with Gasteiger partial charge in [0.05, 0.1) is 11.6 Å². The Morgan fingerprint density at radius 1 is 1.00 bits per heavy atom. The lowest BCUT2D eigenvalue weighted by Crippen LogP contribution is -1.78. The molecule has 0 aliphatic rings. The van der Waals surface area contributed by atoms with Gasteiger partial charge in [0.25, 0.3) is 0 Å². The maximum atomic E-state index is 8.81. The molecule has 0 bridgehead atoms. The van der Waals surface area contributed by atoms with Gasteiger partial charge in [-0.05, 0) is 37.3 Å². The van der Waals surface area contributed by atoms with Crippen LogP contribution in [0.4, 0.5) is 0 Å². The van der Waals surface area contributed by atoms with Crippen molar-refractivity contribution in [2.24, 2.45) is 0 Å². The van der Waals surface area contributed by atoms with Gasteiger partial charge in [0.1, 0.15) is 0 Å². The number of hydrogen-bond acceptors (Lipinski definition) is 2. The second-order valence-corrected chi connectivity index (χ2v) is 4.71. The van der Waals surface area contributed by atoms with Crippen molar-refractivity contribution in [1.29, 1.82) is 5.26 Å². The van der Waals surface area contributed by atoms with Crippen LogP contribution in [-0.4, -0.2) is 0 Å². The SMILES string of the molecule is Cc1cccc(Sc2cccc(C#N)c2)c1. The summed E-state index contributed by atoms with van der Waals surface area (Å²) in [7, 11) is 0. The number of aryl methyl sites for hydroxylation is 1. The first-order valence-electron chi connectivity index (χ1n) is 5.02. The third kappa shape index (κ3) is 2.65. The molecule has 0 aliphatic carbocycles. The molecule has 0 amide bonds. The molecule has 0 spiro atoms. The summed E-state index contributed by atoms with van der Waals surface area (Å²) in [5.74, 6) is 0. The lowest BCUT2D eigenvalue weighted by atomic mass is 10.2. The van der Waals surface area contributed by atoms with E-state index in [1.807, 2.05) is 30.3 Å². The number of benzene rings is 2. The largest absolute Gasteiger partial charge is 0.192 e. The minimum absolute atomic E-state index is 0.706. The monoisotopic (exact) mass is 225 g/mol. The fourth-order valence-corrected chi connectivity index (χ4v) is 2.44. The topological polar surface area (TPSA) is 23.8 Å². The highest BCUT2D eigenvalue weighted by molar-refractivity contribution is 7.99. The summed E-state index contributed by atoms with van der Waals surface area (Å²) < 4.78 is 0. The van der Waals surface area contributed by atoms with Crippen molar-refractivity contribution in [2.75, 3.05) is 0 Å². The fourth-order valence-electron chi connectivity index (χ4n) is 1.44. The number of nitriles is 1. The zero-order valence-electron chi connectivity index (χ0n) is 8.97. The van der Waals surface area contributed by atoms with Gasteiger partial charge in [-0.15, -0.1) is 0 Å². The lowest BCUT2D eigenvalue weighted by Gasteiger charge is -2.02. The molecule has 0 unspecified atom stereocenters. The van der Waals surface area contributed by atoms with Gasteiger partial charge in [-0.2, -0.15) is 5.26 Å². The average Bonchev–Trinajstić information content (AvgIpc) is 2.29. The first-order valence-corrected chi connectivity index (χ1v) is 5.84. The normalized spacial score (nSPS) is 9.75. The lowest BCUT2D eigenvalue weighted by molar-refractivity contribution is 1.34. The third-order valence-corrected chi connectivity index (χ3v) is 3.17. The van der Waals surface area contributed by atoms with Crippen LogP contribution in [0.3, 0.4) is 0 Å². The van der Waals surface area contributed by atoms with Crippen molar-refractivity contribution < 1.29 is 0 Å². The summed E-state index contributed by atoms with van der Waals surface area (Å²) in [4.78, 5) is 2.31. The molecule has 0 heterocycles. The van der Waals surface area contributed by atoms with Crippen molar-refractivity contribution >= 4 is 11.8 Å². The summed E-state index contributed by atoms with van der Waals surface area (Å²) in [5.41, 5.74) is 1.96. The van der Waals surface area contributed by atoms with Gasteiger partial charge in [-0.1, -0.05) is 35.5 Å². The predicted molar refractivity (Wildman–Crippen MR) is 66.5 cm³/mol. The minimum Gasteiger partial charge on any atom is -0.192 e. The summed E-state index contributed by atoms with van der Waals surface area (Å²) in [6.45, 7) is 2.08. The highest BCUT2D eigenvalue weighted by atomic mass is 32.2. The second-order valence-electron chi connectivity index (χ2n) is 3.56. The summed E-state index contributed by atoms with van der Waals surface area (Å²) >= 11 is 1.68. The molecule has 0 saturated heterocycles. The maximum absolute atomic E-state index is 8.81. The van der Waals surface area contributed by atoms with E-state index in [-0.39, 0.29) is 0 Å². The molecule has 0 aromatic heterocycles. The molecule has 1 nitrogen and oxygen atoms in total.